The third-order valence-corrected chi connectivity index (χ3v) is 5.19. The maximum Gasteiger partial charge on any atom is 0.340 e. The number of sulfonamides is 1. The van der Waals surface area contributed by atoms with Gasteiger partial charge in [0, 0.05) is 6.54 Å². The molecular weight excluding hydrogens is 318 g/mol. The zero-order chi connectivity index (χ0) is 17.2. The van der Waals surface area contributed by atoms with Crippen molar-refractivity contribution in [2.75, 3.05) is 0 Å². The van der Waals surface area contributed by atoms with Crippen molar-refractivity contribution in [1.29, 1.82) is 0 Å². The van der Waals surface area contributed by atoms with Gasteiger partial charge in [-0.3, -0.25) is 0 Å². The van der Waals surface area contributed by atoms with Crippen molar-refractivity contribution in [1.82, 2.24) is 4.72 Å². The van der Waals surface area contributed by atoms with Crippen LogP contribution in [0.2, 0.25) is 0 Å². The van der Waals surface area contributed by atoms with Crippen molar-refractivity contribution >= 4 is 16.0 Å². The van der Waals surface area contributed by atoms with Crippen LogP contribution in [-0.4, -0.2) is 19.5 Å². The summed E-state index contributed by atoms with van der Waals surface area (Å²) < 4.78 is 32.7. The minimum atomic E-state index is -3.99. The zero-order valence-electron chi connectivity index (χ0n) is 13.2. The normalized spacial score (nSPS) is 11.6. The molecule has 7 heteroatoms. The maximum atomic E-state index is 12.5. The molecule has 0 spiro atoms. The number of carbonyl (C=O) groups is 1. The number of furan rings is 1. The Morgan fingerprint density at radius 1 is 1.17 bits per heavy atom. The number of aromatic carboxylic acids is 1. The molecule has 0 aliphatic heterocycles. The molecule has 0 fully saturated rings. The Labute approximate surface area is 135 Å². The Hall–Kier alpha value is -2.12. The molecule has 1 aromatic heterocycles. The van der Waals surface area contributed by atoms with E-state index in [0.29, 0.717) is 0 Å². The molecule has 23 heavy (non-hydrogen) atoms. The van der Waals surface area contributed by atoms with Crippen molar-refractivity contribution in [3.05, 3.63) is 52.5 Å². The Morgan fingerprint density at radius 2 is 1.78 bits per heavy atom. The standard InChI is InChI=1S/C16H19NO5S/c1-4-12-7-5-6-8-13(12)9-17-23(20,21)15-11(3)22-10(2)14(15)16(18)19/h5-8,17H,4,9H2,1-3H3,(H,18,19). The third kappa shape index (κ3) is 3.46. The molecule has 2 N–H and O–H groups in total. The van der Waals surface area contributed by atoms with Crippen molar-refractivity contribution < 1.29 is 22.7 Å². The van der Waals surface area contributed by atoms with Crippen LogP contribution >= 0.6 is 0 Å². The van der Waals surface area contributed by atoms with Gasteiger partial charge >= 0.3 is 5.97 Å². The van der Waals surface area contributed by atoms with Crippen molar-refractivity contribution in [2.24, 2.45) is 0 Å². The summed E-state index contributed by atoms with van der Waals surface area (Å²) in [5.74, 6) is -1.19. The monoisotopic (exact) mass is 337 g/mol. The lowest BCUT2D eigenvalue weighted by molar-refractivity contribution is 0.0691. The lowest BCUT2D eigenvalue weighted by atomic mass is 10.1. The van der Waals surface area contributed by atoms with Gasteiger partial charge in [-0.05, 0) is 31.4 Å². The number of aryl methyl sites for hydroxylation is 3. The zero-order valence-corrected chi connectivity index (χ0v) is 14.0. The van der Waals surface area contributed by atoms with Crippen molar-refractivity contribution in [2.45, 2.75) is 38.6 Å². The number of hydrogen-bond acceptors (Lipinski definition) is 4. The molecule has 0 unspecified atom stereocenters. The first-order valence-electron chi connectivity index (χ1n) is 7.17. The number of benzene rings is 1. The van der Waals surface area contributed by atoms with Gasteiger partial charge in [-0.25, -0.2) is 17.9 Å². The van der Waals surface area contributed by atoms with Crippen LogP contribution in [0.5, 0.6) is 0 Å². The van der Waals surface area contributed by atoms with Crippen LogP contribution in [0.4, 0.5) is 0 Å². The molecule has 0 aliphatic carbocycles. The SMILES string of the molecule is CCc1ccccc1CNS(=O)(=O)c1c(C)oc(C)c1C(=O)O. The van der Waals surface area contributed by atoms with Crippen LogP contribution in [0.1, 0.15) is 39.9 Å². The molecule has 0 saturated heterocycles. The molecule has 0 amide bonds. The summed E-state index contributed by atoms with van der Waals surface area (Å²) in [6.45, 7) is 4.95. The van der Waals surface area contributed by atoms with Crippen molar-refractivity contribution in [3.63, 3.8) is 0 Å². The molecule has 0 radical (unpaired) electrons. The van der Waals surface area contributed by atoms with Gasteiger partial charge in [0.15, 0.2) is 0 Å². The first kappa shape index (κ1) is 17.2. The van der Waals surface area contributed by atoms with E-state index in [-0.39, 0.29) is 28.5 Å². The van der Waals surface area contributed by atoms with E-state index in [0.717, 1.165) is 17.5 Å². The van der Waals surface area contributed by atoms with Gasteiger partial charge in [-0.1, -0.05) is 31.2 Å². The summed E-state index contributed by atoms with van der Waals surface area (Å²) in [6, 6.07) is 7.49. The van der Waals surface area contributed by atoms with E-state index in [1.807, 2.05) is 31.2 Å². The van der Waals surface area contributed by atoms with E-state index in [1.54, 1.807) is 0 Å². The Kier molecular flexibility index (Phi) is 4.91. The van der Waals surface area contributed by atoms with Crippen LogP contribution in [0.3, 0.4) is 0 Å². The number of nitrogens with one attached hydrogen (secondary N) is 1. The molecule has 0 bridgehead atoms. The highest BCUT2D eigenvalue weighted by atomic mass is 32.2. The summed E-state index contributed by atoms with van der Waals surface area (Å²) in [7, 11) is -3.99. The minimum absolute atomic E-state index is 0.0659. The number of hydrogen-bond donors (Lipinski definition) is 2. The smallest absolute Gasteiger partial charge is 0.340 e. The van der Waals surface area contributed by atoms with Gasteiger partial charge in [-0.15, -0.1) is 0 Å². The second kappa shape index (κ2) is 6.55. The molecule has 2 rings (SSSR count). The molecule has 0 aliphatic rings. The highest BCUT2D eigenvalue weighted by Gasteiger charge is 2.30. The average Bonchev–Trinajstić information content (AvgIpc) is 2.81. The Bertz CT molecular complexity index is 836. The quantitative estimate of drug-likeness (QED) is 0.844. The van der Waals surface area contributed by atoms with Gasteiger partial charge in [0.2, 0.25) is 10.0 Å². The van der Waals surface area contributed by atoms with Gasteiger partial charge in [-0.2, -0.15) is 0 Å². The van der Waals surface area contributed by atoms with Gasteiger partial charge in [0.05, 0.1) is 0 Å². The first-order valence-corrected chi connectivity index (χ1v) is 8.66. The predicted molar refractivity (Wildman–Crippen MR) is 85.0 cm³/mol. The molecule has 1 aromatic carbocycles. The average molecular weight is 337 g/mol. The summed E-state index contributed by atoms with van der Waals surface area (Å²) in [5, 5.41) is 9.24. The fourth-order valence-electron chi connectivity index (χ4n) is 2.55. The first-order chi connectivity index (χ1) is 10.8. The van der Waals surface area contributed by atoms with Crippen LogP contribution in [0.25, 0.3) is 0 Å². The van der Waals surface area contributed by atoms with Crippen LogP contribution in [-0.2, 0) is 23.0 Å². The van der Waals surface area contributed by atoms with E-state index < -0.39 is 16.0 Å². The van der Waals surface area contributed by atoms with E-state index in [4.69, 9.17) is 4.42 Å². The lowest BCUT2D eigenvalue weighted by Gasteiger charge is -2.10. The number of carboxylic acids is 1. The van der Waals surface area contributed by atoms with Gasteiger partial charge < -0.3 is 9.52 Å². The molecular formula is C16H19NO5S. The van der Waals surface area contributed by atoms with Crippen LogP contribution < -0.4 is 4.72 Å². The molecule has 124 valence electrons. The highest BCUT2D eigenvalue weighted by molar-refractivity contribution is 7.89. The highest BCUT2D eigenvalue weighted by Crippen LogP contribution is 2.26. The summed E-state index contributed by atoms with van der Waals surface area (Å²) >= 11 is 0. The van der Waals surface area contributed by atoms with E-state index in [9.17, 15) is 18.3 Å². The maximum absolute atomic E-state index is 12.5. The lowest BCUT2D eigenvalue weighted by Crippen LogP contribution is -2.25. The summed E-state index contributed by atoms with van der Waals surface area (Å²) in [5.41, 5.74) is 1.57. The summed E-state index contributed by atoms with van der Waals surface area (Å²) in [4.78, 5) is 11.0. The van der Waals surface area contributed by atoms with Gasteiger partial charge in [0.25, 0.3) is 0 Å². The molecule has 0 saturated carbocycles. The van der Waals surface area contributed by atoms with E-state index >= 15 is 0 Å². The Morgan fingerprint density at radius 3 is 2.35 bits per heavy atom. The Balaban J connectivity index is 2.35. The molecule has 1 heterocycles. The summed E-state index contributed by atoms with van der Waals surface area (Å²) in [6.07, 6.45) is 0.780. The fraction of sp³-hybridized carbons (Fsp3) is 0.312. The van der Waals surface area contributed by atoms with Gasteiger partial charge in [0.1, 0.15) is 22.0 Å². The topological polar surface area (TPSA) is 96.6 Å². The van der Waals surface area contributed by atoms with Crippen LogP contribution in [0, 0.1) is 13.8 Å². The van der Waals surface area contributed by atoms with E-state index in [1.165, 1.54) is 13.8 Å². The fourth-order valence-corrected chi connectivity index (χ4v) is 3.96. The van der Waals surface area contributed by atoms with Crippen LogP contribution in [0.15, 0.2) is 33.6 Å². The predicted octanol–water partition coefficient (Wildman–Crippen LogP) is 2.64. The molecule has 2 aromatic rings. The van der Waals surface area contributed by atoms with Crippen molar-refractivity contribution in [3.8, 4) is 0 Å². The minimum Gasteiger partial charge on any atom is -0.478 e. The largest absolute Gasteiger partial charge is 0.478 e. The third-order valence-electron chi connectivity index (χ3n) is 3.64. The second-order valence-electron chi connectivity index (χ2n) is 5.17. The molecule has 0 atom stereocenters. The molecule has 6 nitrogen and oxygen atoms in total. The number of carboxylic acid groups (broad SMARTS) is 1. The van der Waals surface area contributed by atoms with E-state index in [2.05, 4.69) is 4.72 Å². The second-order valence-corrected chi connectivity index (χ2v) is 6.87. The number of rotatable bonds is 6.